The van der Waals surface area contributed by atoms with E-state index in [-0.39, 0.29) is 11.7 Å². The van der Waals surface area contributed by atoms with Gasteiger partial charge in [-0.15, -0.1) is 0 Å². The van der Waals surface area contributed by atoms with E-state index in [2.05, 4.69) is 32.8 Å². The predicted octanol–water partition coefficient (Wildman–Crippen LogP) is 3.08. The monoisotopic (exact) mass is 450 g/mol. The number of piperidine rings is 2. The van der Waals surface area contributed by atoms with Gasteiger partial charge in [0.1, 0.15) is 12.4 Å². The average Bonchev–Trinajstić information content (AvgIpc) is 3.22. The first-order valence-corrected chi connectivity index (χ1v) is 11.8. The Morgan fingerprint density at radius 3 is 2.58 bits per heavy atom. The Balaban J connectivity index is 1.13. The summed E-state index contributed by atoms with van der Waals surface area (Å²) in [7, 11) is 0. The summed E-state index contributed by atoms with van der Waals surface area (Å²) in [5.41, 5.74) is 4.67. The maximum atomic E-state index is 11.8. The molecule has 174 valence electrons. The van der Waals surface area contributed by atoms with Gasteiger partial charge in [0, 0.05) is 25.2 Å². The van der Waals surface area contributed by atoms with Crippen LogP contribution in [0.25, 0.3) is 0 Å². The molecule has 1 N–H and O–H groups in total. The molecule has 8 heteroatoms. The van der Waals surface area contributed by atoms with Crippen LogP contribution in [-0.4, -0.2) is 64.6 Å². The molecule has 0 bridgehead atoms. The van der Waals surface area contributed by atoms with Gasteiger partial charge in [-0.3, -0.25) is 4.98 Å². The van der Waals surface area contributed by atoms with Crippen molar-refractivity contribution in [1.82, 2.24) is 14.9 Å². The van der Waals surface area contributed by atoms with E-state index in [4.69, 9.17) is 9.84 Å². The molecular formula is C25H30N4O4. The molecule has 8 nitrogen and oxygen atoms in total. The summed E-state index contributed by atoms with van der Waals surface area (Å²) in [6.07, 6.45) is 8.57. The predicted molar refractivity (Wildman–Crippen MR) is 123 cm³/mol. The lowest BCUT2D eigenvalue weighted by molar-refractivity contribution is 0.0534. The topological polar surface area (TPSA) is 95.9 Å². The number of carboxylic acids is 1. The second-order valence-electron chi connectivity index (χ2n) is 9.60. The molecule has 1 spiro atoms. The van der Waals surface area contributed by atoms with Crippen LogP contribution in [0.2, 0.25) is 0 Å². The highest BCUT2D eigenvalue weighted by Crippen LogP contribution is 2.42. The standard InChI is InChI=1S/C25H30N4O4/c1-17-18(2-3-19-20(17)16-33-24(19)32)4-9-28-10-5-25(6-11-28)7-12-29(13-8-25)22-15-26-14-21(27-22)23(30)31/h2-3,14-15H,4-13,16H2,1H3,(H,30,31). The maximum Gasteiger partial charge on any atom is 0.356 e. The number of aromatic nitrogens is 2. The van der Waals surface area contributed by atoms with Crippen LogP contribution in [0.4, 0.5) is 5.82 Å². The number of cyclic esters (lactones) is 1. The fourth-order valence-electron chi connectivity index (χ4n) is 5.52. The molecule has 1 aromatic heterocycles. The zero-order valence-corrected chi connectivity index (χ0v) is 19.0. The van der Waals surface area contributed by atoms with Gasteiger partial charge in [-0.05, 0) is 74.7 Å². The van der Waals surface area contributed by atoms with Gasteiger partial charge in [-0.25, -0.2) is 14.6 Å². The molecule has 0 unspecified atom stereocenters. The van der Waals surface area contributed by atoms with E-state index in [0.717, 1.165) is 63.1 Å². The van der Waals surface area contributed by atoms with Crippen LogP contribution in [0.15, 0.2) is 24.5 Å². The molecule has 3 aliphatic heterocycles. The number of rotatable bonds is 5. The van der Waals surface area contributed by atoms with Gasteiger partial charge >= 0.3 is 11.9 Å². The number of carboxylic acid groups (broad SMARTS) is 1. The fraction of sp³-hybridized carbons (Fsp3) is 0.520. The molecule has 0 saturated carbocycles. The molecule has 2 saturated heterocycles. The first-order valence-electron chi connectivity index (χ1n) is 11.8. The molecule has 33 heavy (non-hydrogen) atoms. The Kier molecular flexibility index (Phi) is 5.78. The smallest absolute Gasteiger partial charge is 0.356 e. The minimum Gasteiger partial charge on any atom is -0.476 e. The zero-order valence-electron chi connectivity index (χ0n) is 19.0. The van der Waals surface area contributed by atoms with Crippen LogP contribution in [0, 0.1) is 12.3 Å². The molecule has 0 amide bonds. The van der Waals surface area contributed by atoms with Crippen molar-refractivity contribution in [1.29, 1.82) is 0 Å². The lowest BCUT2D eigenvalue weighted by atomic mass is 9.71. The van der Waals surface area contributed by atoms with Crippen LogP contribution in [0.5, 0.6) is 0 Å². The number of hydrogen-bond donors (Lipinski definition) is 1. The lowest BCUT2D eigenvalue weighted by Gasteiger charge is -2.47. The first kappa shape index (κ1) is 21.8. The third-order valence-electron chi connectivity index (χ3n) is 7.88. The first-order chi connectivity index (χ1) is 15.9. The third kappa shape index (κ3) is 4.31. The van der Waals surface area contributed by atoms with Gasteiger partial charge in [0.2, 0.25) is 0 Å². The Labute approximate surface area is 193 Å². The highest BCUT2D eigenvalue weighted by atomic mass is 16.5. The second kappa shape index (κ2) is 8.74. The zero-order chi connectivity index (χ0) is 23.0. The quantitative estimate of drug-likeness (QED) is 0.695. The summed E-state index contributed by atoms with van der Waals surface area (Å²) in [4.78, 5) is 36.0. The SMILES string of the molecule is Cc1c(CCN2CCC3(CC2)CCN(c2cncc(C(=O)O)n2)CC3)ccc2c1COC2=O. The molecule has 2 aromatic rings. The van der Waals surface area contributed by atoms with Crippen LogP contribution in [-0.2, 0) is 17.8 Å². The molecule has 0 aliphatic carbocycles. The van der Waals surface area contributed by atoms with Crippen molar-refractivity contribution in [3.8, 4) is 0 Å². The van der Waals surface area contributed by atoms with E-state index in [1.807, 2.05) is 6.07 Å². The number of esters is 1. The van der Waals surface area contributed by atoms with Crippen LogP contribution in [0.3, 0.4) is 0 Å². The van der Waals surface area contributed by atoms with Gasteiger partial charge in [-0.1, -0.05) is 6.07 Å². The molecule has 3 aliphatic rings. The van der Waals surface area contributed by atoms with Crippen molar-refractivity contribution >= 4 is 17.8 Å². The summed E-state index contributed by atoms with van der Waals surface area (Å²) < 4.78 is 5.18. The van der Waals surface area contributed by atoms with Crippen molar-refractivity contribution in [3.63, 3.8) is 0 Å². The number of nitrogens with zero attached hydrogens (tertiary/aromatic N) is 4. The van der Waals surface area contributed by atoms with Gasteiger partial charge in [0.25, 0.3) is 0 Å². The number of carbonyl (C=O) groups excluding carboxylic acids is 1. The van der Waals surface area contributed by atoms with E-state index in [9.17, 15) is 9.59 Å². The number of hydrogen-bond acceptors (Lipinski definition) is 7. The Hall–Kier alpha value is -3.00. The van der Waals surface area contributed by atoms with Crippen molar-refractivity contribution in [2.45, 2.75) is 45.6 Å². The van der Waals surface area contributed by atoms with Gasteiger partial charge < -0.3 is 19.6 Å². The van der Waals surface area contributed by atoms with E-state index < -0.39 is 5.97 Å². The molecule has 0 atom stereocenters. The minimum absolute atomic E-state index is 0.00109. The summed E-state index contributed by atoms with van der Waals surface area (Å²) in [5, 5.41) is 9.17. The van der Waals surface area contributed by atoms with Gasteiger partial charge in [0.15, 0.2) is 5.69 Å². The fourth-order valence-corrected chi connectivity index (χ4v) is 5.52. The van der Waals surface area contributed by atoms with E-state index >= 15 is 0 Å². The van der Waals surface area contributed by atoms with Crippen molar-refractivity contribution < 1.29 is 19.4 Å². The summed E-state index contributed by atoms with van der Waals surface area (Å²) in [6.45, 7) is 7.56. The molecule has 2 fully saturated rings. The van der Waals surface area contributed by atoms with Gasteiger partial charge in [0.05, 0.1) is 18.0 Å². The van der Waals surface area contributed by atoms with E-state index in [1.54, 1.807) is 6.20 Å². The van der Waals surface area contributed by atoms with Crippen molar-refractivity contribution in [2.75, 3.05) is 37.6 Å². The number of benzene rings is 1. The number of carbonyl (C=O) groups is 2. The summed E-state index contributed by atoms with van der Waals surface area (Å²) in [6, 6.07) is 4.01. The lowest BCUT2D eigenvalue weighted by Crippen LogP contribution is -2.47. The number of aromatic carboxylic acids is 1. The summed E-state index contributed by atoms with van der Waals surface area (Å²) in [5.74, 6) is -0.574. The Bertz CT molecular complexity index is 1070. The highest BCUT2D eigenvalue weighted by molar-refractivity contribution is 5.93. The number of fused-ring (bicyclic) bond motifs is 1. The average molecular weight is 451 g/mol. The number of likely N-dealkylation sites (tertiary alicyclic amines) is 1. The van der Waals surface area contributed by atoms with Crippen molar-refractivity contribution in [3.05, 3.63) is 52.5 Å². The summed E-state index contributed by atoms with van der Waals surface area (Å²) >= 11 is 0. The van der Waals surface area contributed by atoms with Gasteiger partial charge in [-0.2, -0.15) is 0 Å². The van der Waals surface area contributed by atoms with E-state index in [0.29, 0.717) is 17.8 Å². The normalized spacial score (nSPS) is 20.0. The highest BCUT2D eigenvalue weighted by Gasteiger charge is 2.38. The molecular weight excluding hydrogens is 420 g/mol. The van der Waals surface area contributed by atoms with Crippen LogP contribution < -0.4 is 4.90 Å². The minimum atomic E-state index is -1.04. The Morgan fingerprint density at radius 2 is 1.85 bits per heavy atom. The molecule has 5 rings (SSSR count). The van der Waals surface area contributed by atoms with Crippen molar-refractivity contribution in [2.24, 2.45) is 5.41 Å². The molecule has 4 heterocycles. The van der Waals surface area contributed by atoms with Crippen LogP contribution in [0.1, 0.15) is 63.2 Å². The number of anilines is 1. The van der Waals surface area contributed by atoms with Crippen LogP contribution >= 0.6 is 0 Å². The molecule has 0 radical (unpaired) electrons. The third-order valence-corrected chi connectivity index (χ3v) is 7.88. The Morgan fingerprint density at radius 1 is 1.12 bits per heavy atom. The maximum absolute atomic E-state index is 11.8. The molecule has 1 aromatic carbocycles. The second-order valence-corrected chi connectivity index (χ2v) is 9.60. The largest absolute Gasteiger partial charge is 0.476 e. The van der Waals surface area contributed by atoms with E-state index in [1.165, 1.54) is 30.2 Å². The number of ether oxygens (including phenoxy) is 1.